The Hall–Kier alpha value is -3.08. The van der Waals surface area contributed by atoms with E-state index in [4.69, 9.17) is 4.78 Å². The maximum absolute atomic E-state index is 13.3. The predicted octanol–water partition coefficient (Wildman–Crippen LogP) is 5.71. The maximum Gasteiger partial charge on any atom is 0.573 e. The van der Waals surface area contributed by atoms with Crippen molar-refractivity contribution in [2.75, 3.05) is 4.90 Å². The Morgan fingerprint density at radius 3 is 2.05 bits per heavy atom. The Kier molecular flexibility index (Phi) is 6.91. The van der Waals surface area contributed by atoms with Crippen molar-refractivity contribution in [2.45, 2.75) is 61.5 Å². The quantitative estimate of drug-likeness (QED) is 0.394. The molecular weight excluding hydrogens is 503 g/mol. The number of nitrogens with one attached hydrogen (secondary N) is 2. The molecule has 0 saturated heterocycles. The Labute approximate surface area is 214 Å². The van der Waals surface area contributed by atoms with E-state index < -0.39 is 34.2 Å². The number of anilines is 2. The summed E-state index contributed by atoms with van der Waals surface area (Å²) in [5, 5.41) is 11.5. The number of hydrogen-bond donors (Lipinski definition) is 3. The molecule has 1 aliphatic carbocycles. The van der Waals surface area contributed by atoms with Crippen molar-refractivity contribution in [3.63, 3.8) is 0 Å². The van der Waals surface area contributed by atoms with Crippen molar-refractivity contribution in [2.24, 2.45) is 0 Å². The van der Waals surface area contributed by atoms with Crippen molar-refractivity contribution in [1.29, 1.82) is 4.78 Å². The van der Waals surface area contributed by atoms with Crippen LogP contribution >= 0.6 is 0 Å². The van der Waals surface area contributed by atoms with E-state index in [1.807, 2.05) is 24.3 Å². The Balaban J connectivity index is 1.41. The van der Waals surface area contributed by atoms with Crippen molar-refractivity contribution < 1.29 is 27.2 Å². The lowest BCUT2D eigenvalue weighted by Crippen LogP contribution is -2.55. The summed E-state index contributed by atoms with van der Waals surface area (Å²) in [6.45, 7) is 0. The number of ether oxygens (including phenoxy) is 1. The normalized spacial score (nSPS) is 23.4. The number of aliphatic hydroxyl groups is 1. The molecule has 0 radical (unpaired) electrons. The summed E-state index contributed by atoms with van der Waals surface area (Å²) in [4.78, 5) is 2.20. The monoisotopic (exact) mass is 531 g/mol. The van der Waals surface area contributed by atoms with Crippen LogP contribution in [0.25, 0.3) is 0 Å². The molecule has 3 aromatic carbocycles. The Morgan fingerprint density at radius 2 is 1.49 bits per heavy atom. The molecule has 1 aliphatic heterocycles. The third-order valence-electron chi connectivity index (χ3n) is 7.03. The molecule has 3 N–H and O–H groups in total. The zero-order valence-electron chi connectivity index (χ0n) is 19.9. The second kappa shape index (κ2) is 10.00. The first kappa shape index (κ1) is 25.6. The molecule has 0 aromatic heterocycles. The average Bonchev–Trinajstić information content (AvgIpc) is 3.02. The van der Waals surface area contributed by atoms with Crippen LogP contribution in [0.2, 0.25) is 0 Å². The molecule has 5 rings (SSSR count). The van der Waals surface area contributed by atoms with Crippen molar-refractivity contribution in [3.05, 3.63) is 83.9 Å². The van der Waals surface area contributed by atoms with Crippen molar-refractivity contribution >= 4 is 21.3 Å². The second-order valence-electron chi connectivity index (χ2n) is 9.42. The molecular formula is C27H28F3N3O3S. The first-order valence-corrected chi connectivity index (χ1v) is 13.7. The number of aliphatic hydroxyl groups excluding tert-OH is 1. The average molecular weight is 532 g/mol. The summed E-state index contributed by atoms with van der Waals surface area (Å²) in [6, 6.07) is 19.7. The van der Waals surface area contributed by atoms with Gasteiger partial charge in [0.15, 0.2) is 0 Å². The van der Waals surface area contributed by atoms with Gasteiger partial charge in [0.1, 0.15) is 15.7 Å². The van der Waals surface area contributed by atoms with Gasteiger partial charge in [-0.25, -0.2) is 13.7 Å². The molecule has 1 heterocycles. The van der Waals surface area contributed by atoms with Gasteiger partial charge in [0.2, 0.25) is 0 Å². The van der Waals surface area contributed by atoms with Gasteiger partial charge < -0.3 is 14.7 Å². The molecule has 10 heteroatoms. The number of nitrogens with zero attached hydrogens (tertiary/aromatic N) is 1. The van der Waals surface area contributed by atoms with Gasteiger partial charge in [-0.3, -0.25) is 0 Å². The fraction of sp³-hybridized carbons (Fsp3) is 0.333. The molecule has 2 aliphatic rings. The van der Waals surface area contributed by atoms with Crippen LogP contribution in [0.5, 0.6) is 5.75 Å². The summed E-state index contributed by atoms with van der Waals surface area (Å²) < 4.78 is 65.8. The highest BCUT2D eigenvalue weighted by molar-refractivity contribution is 7.90. The standard InChI is InChI=1S/C27H28F3N3O3S/c28-27(29,30)36-20-14-16-21(17-15-20)37(31,35)32-22-8-5-11-25(26(22)34)33-23-9-3-1-6-18(23)12-13-19-7-2-4-10-24(19)33/h1-4,6-7,9-10,14-17,22,25-26,34H,5,8,11-13H2,(H2,31,32,35)/t22-,25-,26+,37?/m1/s1. The van der Waals surface area contributed by atoms with Gasteiger partial charge >= 0.3 is 6.36 Å². The first-order chi connectivity index (χ1) is 17.6. The largest absolute Gasteiger partial charge is 0.573 e. The van der Waals surface area contributed by atoms with E-state index in [0.29, 0.717) is 12.8 Å². The molecule has 0 amide bonds. The third-order valence-corrected chi connectivity index (χ3v) is 8.60. The van der Waals surface area contributed by atoms with Gasteiger partial charge in [-0.15, -0.1) is 13.2 Å². The molecule has 196 valence electrons. The summed E-state index contributed by atoms with van der Waals surface area (Å²) >= 11 is 0. The Bertz CT molecular complexity index is 1320. The fourth-order valence-electron chi connectivity index (χ4n) is 5.35. The summed E-state index contributed by atoms with van der Waals surface area (Å²) in [5.74, 6) is -0.456. The zero-order valence-corrected chi connectivity index (χ0v) is 20.8. The number of halogens is 3. The van der Waals surface area contributed by atoms with E-state index in [0.717, 1.165) is 42.8 Å². The van der Waals surface area contributed by atoms with Gasteiger partial charge in [-0.2, -0.15) is 0 Å². The molecule has 3 aromatic rings. The number of hydrogen-bond acceptors (Lipinski definition) is 5. The van der Waals surface area contributed by atoms with Crippen LogP contribution < -0.4 is 14.4 Å². The van der Waals surface area contributed by atoms with Crippen LogP contribution in [-0.2, 0) is 22.8 Å². The summed E-state index contributed by atoms with van der Waals surface area (Å²) in [7, 11) is -3.60. The molecule has 0 spiro atoms. The predicted molar refractivity (Wildman–Crippen MR) is 135 cm³/mol. The number of benzene rings is 3. The van der Waals surface area contributed by atoms with Gasteiger partial charge in [0.25, 0.3) is 0 Å². The van der Waals surface area contributed by atoms with Gasteiger partial charge in [-0.05, 0) is 79.6 Å². The number of fused-ring (bicyclic) bond motifs is 2. The van der Waals surface area contributed by atoms with Crippen LogP contribution in [0.1, 0.15) is 30.4 Å². The second-order valence-corrected chi connectivity index (χ2v) is 11.2. The van der Waals surface area contributed by atoms with Gasteiger partial charge in [-0.1, -0.05) is 36.4 Å². The topological polar surface area (TPSA) is 85.7 Å². The highest BCUT2D eigenvalue weighted by Gasteiger charge is 2.39. The number of para-hydroxylation sites is 2. The van der Waals surface area contributed by atoms with E-state index in [1.54, 1.807) is 0 Å². The van der Waals surface area contributed by atoms with Crippen molar-refractivity contribution in [3.8, 4) is 5.75 Å². The molecule has 6 nitrogen and oxygen atoms in total. The molecule has 1 fully saturated rings. The minimum Gasteiger partial charge on any atom is -0.406 e. The lowest BCUT2D eigenvalue weighted by Gasteiger charge is -2.43. The fourth-order valence-corrected chi connectivity index (χ4v) is 6.69. The van der Waals surface area contributed by atoms with Crippen LogP contribution in [0.15, 0.2) is 77.7 Å². The number of alkyl halides is 3. The number of aryl methyl sites for hydroxylation is 2. The maximum atomic E-state index is 13.3. The smallest absolute Gasteiger partial charge is 0.406 e. The highest BCUT2D eigenvalue weighted by atomic mass is 32.2. The summed E-state index contributed by atoms with van der Waals surface area (Å²) in [6.07, 6.45) is -2.05. The van der Waals surface area contributed by atoms with Crippen LogP contribution in [0, 0.1) is 4.78 Å². The Morgan fingerprint density at radius 1 is 0.919 bits per heavy atom. The third kappa shape index (κ3) is 5.46. The molecule has 1 unspecified atom stereocenters. The van der Waals surface area contributed by atoms with Gasteiger partial charge in [0.05, 0.1) is 17.0 Å². The molecule has 1 saturated carbocycles. The van der Waals surface area contributed by atoms with E-state index in [9.17, 15) is 22.5 Å². The van der Waals surface area contributed by atoms with Crippen LogP contribution in [-0.4, -0.2) is 33.9 Å². The van der Waals surface area contributed by atoms with E-state index in [1.165, 1.54) is 23.3 Å². The minimum absolute atomic E-state index is 0.0156. The lowest BCUT2D eigenvalue weighted by atomic mass is 9.86. The zero-order chi connectivity index (χ0) is 26.2. The first-order valence-electron chi connectivity index (χ1n) is 12.2. The number of rotatable bonds is 5. The van der Waals surface area contributed by atoms with E-state index in [-0.39, 0.29) is 10.9 Å². The lowest BCUT2D eigenvalue weighted by molar-refractivity contribution is -0.274. The molecule has 0 bridgehead atoms. The SMILES string of the molecule is N=S(=O)(N[C@@H]1CCC[C@@H](N2c3ccccc3CCc3ccccc32)[C@H]1O)c1ccc(OC(F)(F)F)cc1. The van der Waals surface area contributed by atoms with Crippen LogP contribution in [0.4, 0.5) is 24.5 Å². The molecule has 37 heavy (non-hydrogen) atoms. The minimum atomic E-state index is -4.84. The van der Waals surface area contributed by atoms with Crippen LogP contribution in [0.3, 0.4) is 0 Å². The molecule has 4 atom stereocenters. The van der Waals surface area contributed by atoms with Gasteiger partial charge in [0, 0.05) is 17.4 Å². The summed E-state index contributed by atoms with van der Waals surface area (Å²) in [5.41, 5.74) is 4.44. The van der Waals surface area contributed by atoms with Crippen molar-refractivity contribution in [1.82, 2.24) is 4.72 Å². The van der Waals surface area contributed by atoms with E-state index >= 15 is 0 Å². The highest BCUT2D eigenvalue weighted by Crippen LogP contribution is 2.41. The van der Waals surface area contributed by atoms with E-state index in [2.05, 4.69) is 38.6 Å².